The number of carbonyl (C=O) groups is 2. The third kappa shape index (κ3) is 5.85. The van der Waals surface area contributed by atoms with E-state index in [1.54, 1.807) is 24.3 Å². The van der Waals surface area contributed by atoms with Crippen LogP contribution in [0.25, 0.3) is 0 Å². The van der Waals surface area contributed by atoms with Gasteiger partial charge in [-0.1, -0.05) is 18.2 Å². The Bertz CT molecular complexity index is 884. The molecule has 0 unspecified atom stereocenters. The average molecular weight is 380 g/mol. The molecule has 0 aliphatic carbocycles. The summed E-state index contributed by atoms with van der Waals surface area (Å²) in [5.74, 6) is -0.584. The van der Waals surface area contributed by atoms with Crippen LogP contribution in [0.2, 0.25) is 0 Å². The van der Waals surface area contributed by atoms with Crippen molar-refractivity contribution in [3.05, 3.63) is 64.7 Å². The Morgan fingerprint density at radius 2 is 1.75 bits per heavy atom. The van der Waals surface area contributed by atoms with Gasteiger partial charge in [-0.3, -0.25) is 4.79 Å². The first kappa shape index (κ1) is 21.0. The molecule has 2 atom stereocenters. The minimum absolute atomic E-state index is 0.196. The third-order valence-electron chi connectivity index (χ3n) is 4.38. The Hall–Kier alpha value is -3.33. The van der Waals surface area contributed by atoms with Gasteiger partial charge < -0.3 is 14.8 Å². The van der Waals surface area contributed by atoms with Crippen LogP contribution >= 0.6 is 0 Å². The van der Waals surface area contributed by atoms with E-state index in [0.29, 0.717) is 11.3 Å². The van der Waals surface area contributed by atoms with Crippen molar-refractivity contribution in [3.63, 3.8) is 0 Å². The Labute approximate surface area is 165 Å². The molecule has 0 saturated carbocycles. The number of hydrogen-bond donors (Lipinski definition) is 1. The summed E-state index contributed by atoms with van der Waals surface area (Å²) in [6.07, 6.45) is -0.877. The maximum atomic E-state index is 12.1. The zero-order valence-corrected chi connectivity index (χ0v) is 16.5. The lowest BCUT2D eigenvalue weighted by Crippen LogP contribution is -2.34. The number of rotatable bonds is 7. The molecule has 0 bridgehead atoms. The van der Waals surface area contributed by atoms with E-state index >= 15 is 0 Å². The minimum Gasteiger partial charge on any atom is -0.479 e. The molecule has 6 heteroatoms. The smallest absolute Gasteiger partial charge is 0.347 e. The van der Waals surface area contributed by atoms with Crippen molar-refractivity contribution in [1.82, 2.24) is 5.32 Å². The number of carbonyl (C=O) groups excluding carboxylic acids is 2. The van der Waals surface area contributed by atoms with Gasteiger partial charge in [-0.2, -0.15) is 5.26 Å². The van der Waals surface area contributed by atoms with Gasteiger partial charge in [0.15, 0.2) is 12.7 Å². The fourth-order valence-electron chi connectivity index (χ4n) is 2.51. The van der Waals surface area contributed by atoms with E-state index in [1.165, 1.54) is 12.5 Å². The number of nitrogens with one attached hydrogen (secondary N) is 1. The Balaban J connectivity index is 1.81. The SMILES string of the molecule is Cc1ccc([C@@H](C)NC(=O)COC(=O)[C@@H](C)Oc2ccc(C#N)cc2)cc1C. The fourth-order valence-corrected chi connectivity index (χ4v) is 2.51. The van der Waals surface area contributed by atoms with Crippen molar-refractivity contribution in [1.29, 1.82) is 5.26 Å². The number of nitrogens with zero attached hydrogens (tertiary/aromatic N) is 1. The zero-order valence-electron chi connectivity index (χ0n) is 16.5. The highest BCUT2D eigenvalue weighted by Crippen LogP contribution is 2.17. The minimum atomic E-state index is -0.877. The molecule has 0 aromatic heterocycles. The molecule has 146 valence electrons. The van der Waals surface area contributed by atoms with E-state index in [-0.39, 0.29) is 18.6 Å². The highest BCUT2D eigenvalue weighted by atomic mass is 16.6. The van der Waals surface area contributed by atoms with Crippen LogP contribution in [0.3, 0.4) is 0 Å². The molecule has 1 N–H and O–H groups in total. The second-order valence-corrected chi connectivity index (χ2v) is 6.64. The van der Waals surface area contributed by atoms with Crippen molar-refractivity contribution in [2.75, 3.05) is 6.61 Å². The molecule has 0 spiro atoms. The first-order valence-corrected chi connectivity index (χ1v) is 9.00. The molecule has 0 aliphatic rings. The quantitative estimate of drug-likeness (QED) is 0.744. The van der Waals surface area contributed by atoms with Crippen molar-refractivity contribution in [3.8, 4) is 11.8 Å². The van der Waals surface area contributed by atoms with Crippen molar-refractivity contribution >= 4 is 11.9 Å². The molecule has 0 radical (unpaired) electrons. The number of hydrogen-bond acceptors (Lipinski definition) is 5. The molecule has 1 amide bonds. The van der Waals surface area contributed by atoms with Gasteiger partial charge in [0.2, 0.25) is 0 Å². The summed E-state index contributed by atoms with van der Waals surface area (Å²) in [5.41, 5.74) is 3.82. The van der Waals surface area contributed by atoms with Crippen LogP contribution in [-0.2, 0) is 14.3 Å². The molecule has 0 saturated heterocycles. The van der Waals surface area contributed by atoms with Gasteiger partial charge in [0.25, 0.3) is 5.91 Å². The largest absolute Gasteiger partial charge is 0.479 e. The van der Waals surface area contributed by atoms with Gasteiger partial charge in [-0.15, -0.1) is 0 Å². The van der Waals surface area contributed by atoms with Crippen LogP contribution in [0.1, 0.15) is 42.1 Å². The van der Waals surface area contributed by atoms with Crippen LogP contribution in [-0.4, -0.2) is 24.6 Å². The van der Waals surface area contributed by atoms with Gasteiger partial charge >= 0.3 is 5.97 Å². The van der Waals surface area contributed by atoms with E-state index in [9.17, 15) is 9.59 Å². The van der Waals surface area contributed by atoms with Crippen molar-refractivity contribution in [2.24, 2.45) is 0 Å². The monoisotopic (exact) mass is 380 g/mol. The van der Waals surface area contributed by atoms with Gasteiger partial charge in [-0.25, -0.2) is 4.79 Å². The van der Waals surface area contributed by atoms with Crippen LogP contribution in [0, 0.1) is 25.2 Å². The lowest BCUT2D eigenvalue weighted by molar-refractivity contribution is -0.154. The predicted molar refractivity (Wildman–Crippen MR) is 105 cm³/mol. The Kier molecular flexibility index (Phi) is 7.16. The lowest BCUT2D eigenvalue weighted by atomic mass is 10.0. The first-order valence-electron chi connectivity index (χ1n) is 9.00. The summed E-state index contributed by atoms with van der Waals surface area (Å²) in [5, 5.41) is 11.6. The van der Waals surface area contributed by atoms with Crippen LogP contribution < -0.4 is 10.1 Å². The highest BCUT2D eigenvalue weighted by Gasteiger charge is 2.19. The highest BCUT2D eigenvalue weighted by molar-refractivity contribution is 5.82. The summed E-state index contributed by atoms with van der Waals surface area (Å²) in [6.45, 7) is 7.08. The summed E-state index contributed by atoms with van der Waals surface area (Å²) in [6, 6.07) is 14.2. The van der Waals surface area contributed by atoms with Crippen LogP contribution in [0.5, 0.6) is 5.75 Å². The zero-order chi connectivity index (χ0) is 20.7. The average Bonchev–Trinajstić information content (AvgIpc) is 2.68. The second-order valence-electron chi connectivity index (χ2n) is 6.64. The Morgan fingerprint density at radius 3 is 2.36 bits per heavy atom. The summed E-state index contributed by atoms with van der Waals surface area (Å²) < 4.78 is 10.5. The summed E-state index contributed by atoms with van der Waals surface area (Å²) in [4.78, 5) is 24.1. The maximum absolute atomic E-state index is 12.1. The standard InChI is InChI=1S/C22H24N2O4/c1-14-5-8-19(11-15(14)2)16(3)24-21(25)13-27-22(26)17(4)28-20-9-6-18(12-23)7-10-20/h5-11,16-17H,13H2,1-4H3,(H,24,25)/t16-,17-/m1/s1. The van der Waals surface area contributed by atoms with E-state index < -0.39 is 12.1 Å². The summed E-state index contributed by atoms with van der Waals surface area (Å²) in [7, 11) is 0. The molecular formula is C22H24N2O4. The molecule has 2 rings (SSSR count). The molecule has 6 nitrogen and oxygen atoms in total. The van der Waals surface area contributed by atoms with Crippen molar-refractivity contribution in [2.45, 2.75) is 39.8 Å². The van der Waals surface area contributed by atoms with E-state index in [4.69, 9.17) is 14.7 Å². The second kappa shape index (κ2) is 9.56. The molecule has 0 aliphatic heterocycles. The first-order chi connectivity index (χ1) is 13.3. The van der Waals surface area contributed by atoms with E-state index in [1.807, 2.05) is 45.0 Å². The number of ether oxygens (including phenoxy) is 2. The molecule has 2 aromatic rings. The number of nitriles is 1. The normalized spacial score (nSPS) is 12.4. The van der Waals surface area contributed by atoms with E-state index in [2.05, 4.69) is 5.32 Å². The lowest BCUT2D eigenvalue weighted by Gasteiger charge is -2.17. The molecule has 28 heavy (non-hydrogen) atoms. The number of aryl methyl sites for hydroxylation is 2. The summed E-state index contributed by atoms with van der Waals surface area (Å²) >= 11 is 0. The molecular weight excluding hydrogens is 356 g/mol. The fraction of sp³-hybridized carbons (Fsp3) is 0.318. The molecule has 2 aromatic carbocycles. The predicted octanol–water partition coefficient (Wildman–Crippen LogP) is 3.36. The van der Waals surface area contributed by atoms with Gasteiger partial charge in [0, 0.05) is 0 Å². The number of benzene rings is 2. The topological polar surface area (TPSA) is 88.4 Å². The number of amides is 1. The molecule has 0 fully saturated rings. The van der Waals surface area contributed by atoms with Gasteiger partial charge in [-0.05, 0) is 68.7 Å². The third-order valence-corrected chi connectivity index (χ3v) is 4.38. The van der Waals surface area contributed by atoms with Gasteiger partial charge in [0.1, 0.15) is 5.75 Å². The number of esters is 1. The van der Waals surface area contributed by atoms with Crippen LogP contribution in [0.15, 0.2) is 42.5 Å². The maximum Gasteiger partial charge on any atom is 0.347 e. The van der Waals surface area contributed by atoms with Gasteiger partial charge in [0.05, 0.1) is 17.7 Å². The van der Waals surface area contributed by atoms with Crippen LogP contribution in [0.4, 0.5) is 0 Å². The molecule has 0 heterocycles. The Morgan fingerprint density at radius 1 is 1.07 bits per heavy atom. The van der Waals surface area contributed by atoms with Crippen molar-refractivity contribution < 1.29 is 19.1 Å². The van der Waals surface area contributed by atoms with E-state index in [0.717, 1.165) is 11.1 Å².